The zero-order valence-electron chi connectivity index (χ0n) is 14.6. The van der Waals surface area contributed by atoms with Crippen LogP contribution in [-0.2, 0) is 18.2 Å². The Morgan fingerprint density at radius 1 is 1.26 bits per heavy atom. The number of aryl methyl sites for hydroxylation is 1. The van der Waals surface area contributed by atoms with Gasteiger partial charge in [-0.3, -0.25) is 9.67 Å². The average Bonchev–Trinajstić information content (AvgIpc) is 2.85. The fraction of sp³-hybridized carbons (Fsp3) is 0.667. The largest absolute Gasteiger partial charge is 0.444 e. The first-order chi connectivity index (χ1) is 10.8. The van der Waals surface area contributed by atoms with Gasteiger partial charge in [-0.25, -0.2) is 4.79 Å². The first kappa shape index (κ1) is 18.8. The van der Waals surface area contributed by atoms with Crippen molar-refractivity contribution in [2.75, 3.05) is 26.7 Å². The molecular weight excluding hydrogens is 296 g/mol. The lowest BCUT2D eigenvalue weighted by molar-refractivity contribution is 0.0529. The third-order valence-corrected chi connectivity index (χ3v) is 2.77. The topological polar surface area (TPSA) is 92.6 Å². The normalized spacial score (nSPS) is 12.0. The Kier molecular flexibility index (Phi) is 7.37. The Labute approximate surface area is 137 Å². The standard InChI is InChI=1S/C15H28N6O2/c1-15(2,3)23-14(22)19-9-8-18-13(16-4)17-7-6-12-10-20-21(5)11-12/h10-11H,6-9H2,1-5H3,(H,19,22)(H2,16,17,18). The predicted molar refractivity (Wildman–Crippen MR) is 90.5 cm³/mol. The third kappa shape index (κ3) is 8.70. The van der Waals surface area contributed by atoms with Crippen LogP contribution >= 0.6 is 0 Å². The van der Waals surface area contributed by atoms with Crippen LogP contribution in [0.4, 0.5) is 4.79 Å². The van der Waals surface area contributed by atoms with E-state index < -0.39 is 11.7 Å². The van der Waals surface area contributed by atoms with Gasteiger partial charge in [0.2, 0.25) is 0 Å². The molecule has 0 aromatic carbocycles. The molecule has 1 amide bonds. The zero-order valence-corrected chi connectivity index (χ0v) is 14.6. The van der Waals surface area contributed by atoms with Gasteiger partial charge in [0, 0.05) is 39.9 Å². The van der Waals surface area contributed by atoms with Crippen LogP contribution in [0.1, 0.15) is 26.3 Å². The number of aromatic nitrogens is 2. The van der Waals surface area contributed by atoms with Gasteiger partial charge < -0.3 is 20.7 Å². The van der Waals surface area contributed by atoms with Crippen LogP contribution in [0.2, 0.25) is 0 Å². The van der Waals surface area contributed by atoms with E-state index in [0.717, 1.165) is 13.0 Å². The fourth-order valence-corrected chi connectivity index (χ4v) is 1.81. The molecule has 0 aliphatic carbocycles. The highest BCUT2D eigenvalue weighted by Crippen LogP contribution is 2.05. The van der Waals surface area contributed by atoms with Gasteiger partial charge in [0.15, 0.2) is 5.96 Å². The fourth-order valence-electron chi connectivity index (χ4n) is 1.81. The van der Waals surface area contributed by atoms with Crippen LogP contribution in [0, 0.1) is 0 Å². The van der Waals surface area contributed by atoms with E-state index in [-0.39, 0.29) is 0 Å². The van der Waals surface area contributed by atoms with Crippen molar-refractivity contribution in [3.63, 3.8) is 0 Å². The Balaban J connectivity index is 2.15. The maximum Gasteiger partial charge on any atom is 0.407 e. The van der Waals surface area contributed by atoms with Crippen LogP contribution in [-0.4, -0.2) is 54.1 Å². The van der Waals surface area contributed by atoms with E-state index in [2.05, 4.69) is 26.0 Å². The van der Waals surface area contributed by atoms with Crippen molar-refractivity contribution < 1.29 is 9.53 Å². The van der Waals surface area contributed by atoms with Crippen molar-refractivity contribution >= 4 is 12.1 Å². The lowest BCUT2D eigenvalue weighted by atomic mass is 10.2. The quantitative estimate of drug-likeness (QED) is 0.406. The van der Waals surface area contributed by atoms with Crippen LogP contribution in [0.5, 0.6) is 0 Å². The molecule has 1 aromatic heterocycles. The maximum absolute atomic E-state index is 11.5. The molecule has 130 valence electrons. The molecule has 0 unspecified atom stereocenters. The SMILES string of the molecule is CN=C(NCCNC(=O)OC(C)(C)C)NCCc1cnn(C)c1. The second-order valence-electron chi connectivity index (χ2n) is 6.13. The number of guanidine groups is 1. The number of alkyl carbamates (subject to hydrolysis) is 1. The second-order valence-corrected chi connectivity index (χ2v) is 6.13. The summed E-state index contributed by atoms with van der Waals surface area (Å²) >= 11 is 0. The highest BCUT2D eigenvalue weighted by atomic mass is 16.6. The summed E-state index contributed by atoms with van der Waals surface area (Å²) in [5.41, 5.74) is 0.684. The maximum atomic E-state index is 11.5. The molecule has 0 atom stereocenters. The van der Waals surface area contributed by atoms with E-state index in [9.17, 15) is 4.79 Å². The van der Waals surface area contributed by atoms with Gasteiger partial charge in [0.05, 0.1) is 6.20 Å². The van der Waals surface area contributed by atoms with E-state index in [4.69, 9.17) is 4.74 Å². The summed E-state index contributed by atoms with van der Waals surface area (Å²) in [7, 11) is 3.61. The van der Waals surface area contributed by atoms with Crippen molar-refractivity contribution in [2.24, 2.45) is 12.0 Å². The summed E-state index contributed by atoms with van der Waals surface area (Å²) in [5, 5.41) is 13.2. The van der Waals surface area contributed by atoms with Crippen molar-refractivity contribution in [3.05, 3.63) is 18.0 Å². The van der Waals surface area contributed by atoms with Crippen LogP contribution in [0.25, 0.3) is 0 Å². The number of aliphatic imine (C=N–C) groups is 1. The predicted octanol–water partition coefficient (Wildman–Crippen LogP) is 0.652. The summed E-state index contributed by atoms with van der Waals surface area (Å²) in [6, 6.07) is 0. The Morgan fingerprint density at radius 3 is 2.48 bits per heavy atom. The number of rotatable bonds is 6. The lowest BCUT2D eigenvalue weighted by Crippen LogP contribution is -2.42. The molecule has 1 heterocycles. The molecule has 0 radical (unpaired) electrons. The molecule has 1 rings (SSSR count). The number of hydrogen-bond acceptors (Lipinski definition) is 4. The molecule has 0 saturated heterocycles. The van der Waals surface area contributed by atoms with Gasteiger partial charge in [-0.1, -0.05) is 0 Å². The molecule has 8 heteroatoms. The number of carbonyl (C=O) groups excluding carboxylic acids is 1. The van der Waals surface area contributed by atoms with Gasteiger partial charge in [-0.2, -0.15) is 5.10 Å². The first-order valence-corrected chi connectivity index (χ1v) is 7.69. The highest BCUT2D eigenvalue weighted by Gasteiger charge is 2.15. The number of amides is 1. The van der Waals surface area contributed by atoms with E-state index >= 15 is 0 Å². The number of hydrogen-bond donors (Lipinski definition) is 3. The van der Waals surface area contributed by atoms with E-state index in [1.165, 1.54) is 5.56 Å². The van der Waals surface area contributed by atoms with Crippen LogP contribution in [0.3, 0.4) is 0 Å². The van der Waals surface area contributed by atoms with Crippen molar-refractivity contribution in [3.8, 4) is 0 Å². The van der Waals surface area contributed by atoms with Crippen molar-refractivity contribution in [1.29, 1.82) is 0 Å². The highest BCUT2D eigenvalue weighted by molar-refractivity contribution is 5.79. The van der Waals surface area contributed by atoms with E-state index in [0.29, 0.717) is 19.0 Å². The Hall–Kier alpha value is -2.25. The minimum atomic E-state index is -0.485. The lowest BCUT2D eigenvalue weighted by Gasteiger charge is -2.19. The van der Waals surface area contributed by atoms with Gasteiger partial charge in [-0.05, 0) is 32.8 Å². The summed E-state index contributed by atoms with van der Waals surface area (Å²) in [4.78, 5) is 15.6. The molecule has 8 nitrogen and oxygen atoms in total. The van der Waals surface area contributed by atoms with Crippen LogP contribution in [0.15, 0.2) is 17.4 Å². The molecule has 0 aliphatic rings. The minimum absolute atomic E-state index is 0.418. The molecular formula is C15H28N6O2. The summed E-state index contributed by atoms with van der Waals surface area (Å²) in [6.45, 7) is 7.27. The molecule has 0 spiro atoms. The molecule has 1 aromatic rings. The number of nitrogens with one attached hydrogen (secondary N) is 3. The molecule has 0 bridgehead atoms. The van der Waals surface area contributed by atoms with Crippen molar-refractivity contribution in [1.82, 2.24) is 25.7 Å². The monoisotopic (exact) mass is 324 g/mol. The number of ether oxygens (including phenoxy) is 1. The molecule has 0 aliphatic heterocycles. The molecule has 0 fully saturated rings. The molecule has 3 N–H and O–H groups in total. The minimum Gasteiger partial charge on any atom is -0.444 e. The van der Waals surface area contributed by atoms with Crippen molar-refractivity contribution in [2.45, 2.75) is 32.8 Å². The summed E-state index contributed by atoms with van der Waals surface area (Å²) in [5.74, 6) is 0.694. The summed E-state index contributed by atoms with van der Waals surface area (Å²) < 4.78 is 6.94. The molecule has 23 heavy (non-hydrogen) atoms. The summed E-state index contributed by atoms with van der Waals surface area (Å²) in [6.07, 6.45) is 4.29. The average molecular weight is 324 g/mol. The third-order valence-electron chi connectivity index (χ3n) is 2.77. The Morgan fingerprint density at radius 2 is 1.91 bits per heavy atom. The van der Waals surface area contributed by atoms with Gasteiger partial charge in [0.1, 0.15) is 5.60 Å². The number of nitrogens with zero attached hydrogens (tertiary/aromatic N) is 3. The van der Waals surface area contributed by atoms with Gasteiger partial charge in [-0.15, -0.1) is 0 Å². The zero-order chi connectivity index (χ0) is 17.3. The van der Waals surface area contributed by atoms with E-state index in [1.54, 1.807) is 11.7 Å². The molecule has 0 saturated carbocycles. The van der Waals surface area contributed by atoms with Crippen LogP contribution < -0.4 is 16.0 Å². The first-order valence-electron chi connectivity index (χ1n) is 7.69. The van der Waals surface area contributed by atoms with Gasteiger partial charge in [0.25, 0.3) is 0 Å². The van der Waals surface area contributed by atoms with E-state index in [1.807, 2.05) is 40.2 Å². The number of carbonyl (C=O) groups is 1. The van der Waals surface area contributed by atoms with Gasteiger partial charge >= 0.3 is 6.09 Å². The Bertz CT molecular complexity index is 518. The second kappa shape index (κ2) is 9.02. The smallest absolute Gasteiger partial charge is 0.407 e.